The van der Waals surface area contributed by atoms with Crippen LogP contribution in [0.2, 0.25) is 5.02 Å². The van der Waals surface area contributed by atoms with E-state index in [0.717, 1.165) is 6.42 Å². The average molecular weight is 227 g/mol. The number of nitrogens with zero attached hydrogens (tertiary/aromatic N) is 1. The monoisotopic (exact) mass is 226 g/mol. The Labute approximate surface area is 94.5 Å². The minimum Gasteiger partial charge on any atom is -0.392 e. The van der Waals surface area contributed by atoms with Crippen molar-refractivity contribution in [3.63, 3.8) is 0 Å². The van der Waals surface area contributed by atoms with Gasteiger partial charge in [-0.25, -0.2) is 4.98 Å². The van der Waals surface area contributed by atoms with Gasteiger partial charge in [-0.05, 0) is 18.6 Å². The van der Waals surface area contributed by atoms with Crippen molar-refractivity contribution in [2.24, 2.45) is 5.41 Å². The van der Waals surface area contributed by atoms with E-state index < -0.39 is 0 Å². The zero-order valence-corrected chi connectivity index (χ0v) is 9.62. The van der Waals surface area contributed by atoms with Crippen LogP contribution < -0.4 is 5.32 Å². The van der Waals surface area contributed by atoms with E-state index in [-0.39, 0.29) is 17.6 Å². The Bertz CT molecular complexity index is 367. The van der Waals surface area contributed by atoms with Gasteiger partial charge in [0.15, 0.2) is 0 Å². The molecule has 0 aromatic carbocycles. The first-order chi connectivity index (χ1) is 7.01. The van der Waals surface area contributed by atoms with E-state index in [2.05, 4.69) is 10.3 Å². The standard InChI is InChI=1S/C11H15ClN2O/c1-11(2)8(6-9(11)15)14-10-7(12)4-3-5-13-10/h3-5,8-9,15H,6H2,1-2H3,(H,13,14). The second-order valence-corrected chi connectivity index (χ2v) is 5.01. The van der Waals surface area contributed by atoms with Crippen LogP contribution in [-0.2, 0) is 0 Å². The number of aliphatic hydroxyl groups is 1. The number of hydrogen-bond donors (Lipinski definition) is 2. The van der Waals surface area contributed by atoms with Gasteiger partial charge in [0.1, 0.15) is 5.82 Å². The summed E-state index contributed by atoms with van der Waals surface area (Å²) < 4.78 is 0. The van der Waals surface area contributed by atoms with E-state index in [1.807, 2.05) is 13.8 Å². The topological polar surface area (TPSA) is 45.1 Å². The summed E-state index contributed by atoms with van der Waals surface area (Å²) in [7, 11) is 0. The Kier molecular flexibility index (Phi) is 2.61. The van der Waals surface area contributed by atoms with Gasteiger partial charge in [0.2, 0.25) is 0 Å². The molecule has 2 rings (SSSR count). The van der Waals surface area contributed by atoms with Gasteiger partial charge in [-0.15, -0.1) is 0 Å². The van der Waals surface area contributed by atoms with Crippen LogP contribution in [0.3, 0.4) is 0 Å². The quantitative estimate of drug-likeness (QED) is 0.814. The lowest BCUT2D eigenvalue weighted by Crippen LogP contribution is -2.57. The third-order valence-electron chi connectivity index (χ3n) is 3.29. The molecule has 2 atom stereocenters. The predicted molar refractivity (Wildman–Crippen MR) is 61.1 cm³/mol. The smallest absolute Gasteiger partial charge is 0.144 e. The first-order valence-electron chi connectivity index (χ1n) is 5.07. The summed E-state index contributed by atoms with van der Waals surface area (Å²) in [5.74, 6) is 0.698. The van der Waals surface area contributed by atoms with Gasteiger partial charge in [-0.3, -0.25) is 0 Å². The molecule has 0 saturated heterocycles. The molecular formula is C11H15ClN2O. The number of aromatic nitrogens is 1. The Balaban J connectivity index is 2.08. The molecule has 1 saturated carbocycles. The molecule has 3 nitrogen and oxygen atoms in total. The summed E-state index contributed by atoms with van der Waals surface area (Å²) in [5, 5.41) is 13.5. The minimum atomic E-state index is -0.238. The maximum Gasteiger partial charge on any atom is 0.144 e. The summed E-state index contributed by atoms with van der Waals surface area (Å²) in [5.41, 5.74) is -0.110. The molecule has 4 heteroatoms. The number of anilines is 1. The molecule has 0 bridgehead atoms. The highest BCUT2D eigenvalue weighted by Crippen LogP contribution is 2.42. The van der Waals surface area contributed by atoms with Crippen LogP contribution in [0.5, 0.6) is 0 Å². The third-order valence-corrected chi connectivity index (χ3v) is 3.59. The molecule has 0 aliphatic heterocycles. The van der Waals surface area contributed by atoms with Crippen LogP contribution in [0.15, 0.2) is 18.3 Å². The Morgan fingerprint density at radius 1 is 1.60 bits per heavy atom. The van der Waals surface area contributed by atoms with Crippen molar-refractivity contribution in [3.05, 3.63) is 23.4 Å². The Hall–Kier alpha value is -0.800. The highest BCUT2D eigenvalue weighted by molar-refractivity contribution is 6.32. The van der Waals surface area contributed by atoms with Gasteiger partial charge in [0.25, 0.3) is 0 Å². The Morgan fingerprint density at radius 2 is 2.33 bits per heavy atom. The van der Waals surface area contributed by atoms with E-state index in [4.69, 9.17) is 11.6 Å². The van der Waals surface area contributed by atoms with Gasteiger partial charge < -0.3 is 10.4 Å². The van der Waals surface area contributed by atoms with Crippen molar-refractivity contribution in [2.75, 3.05) is 5.32 Å². The van der Waals surface area contributed by atoms with E-state index in [1.165, 1.54) is 0 Å². The molecule has 15 heavy (non-hydrogen) atoms. The predicted octanol–water partition coefficient (Wildman–Crippen LogP) is 2.31. The fraction of sp³-hybridized carbons (Fsp3) is 0.545. The molecule has 1 heterocycles. The molecule has 0 spiro atoms. The fourth-order valence-corrected chi connectivity index (χ4v) is 1.98. The van der Waals surface area contributed by atoms with Crippen LogP contribution in [0.1, 0.15) is 20.3 Å². The van der Waals surface area contributed by atoms with Gasteiger partial charge in [-0.1, -0.05) is 25.4 Å². The lowest BCUT2D eigenvalue weighted by molar-refractivity contribution is -0.0511. The van der Waals surface area contributed by atoms with Crippen molar-refractivity contribution in [1.29, 1.82) is 0 Å². The first kappa shape index (κ1) is 10.7. The normalized spacial score (nSPS) is 28.3. The van der Waals surface area contributed by atoms with Crippen LogP contribution in [0.25, 0.3) is 0 Å². The van der Waals surface area contributed by atoms with Crippen LogP contribution >= 0.6 is 11.6 Å². The highest BCUT2D eigenvalue weighted by atomic mass is 35.5. The highest BCUT2D eigenvalue weighted by Gasteiger charge is 2.47. The summed E-state index contributed by atoms with van der Waals surface area (Å²) >= 11 is 5.99. The molecule has 1 aromatic rings. The Morgan fingerprint density at radius 3 is 2.87 bits per heavy atom. The maximum atomic E-state index is 9.60. The molecule has 1 aliphatic carbocycles. The maximum absolute atomic E-state index is 9.60. The molecule has 0 amide bonds. The zero-order chi connectivity index (χ0) is 11.1. The van der Waals surface area contributed by atoms with Crippen molar-refractivity contribution >= 4 is 17.4 Å². The van der Waals surface area contributed by atoms with Gasteiger partial charge >= 0.3 is 0 Å². The van der Waals surface area contributed by atoms with Crippen LogP contribution in [-0.4, -0.2) is 22.2 Å². The molecular weight excluding hydrogens is 212 g/mol. The van der Waals surface area contributed by atoms with Crippen molar-refractivity contribution in [2.45, 2.75) is 32.4 Å². The van der Waals surface area contributed by atoms with E-state index in [0.29, 0.717) is 10.8 Å². The number of nitrogens with one attached hydrogen (secondary N) is 1. The largest absolute Gasteiger partial charge is 0.392 e. The number of pyridine rings is 1. The summed E-state index contributed by atoms with van der Waals surface area (Å²) in [4.78, 5) is 4.17. The summed E-state index contributed by atoms with van der Waals surface area (Å²) in [6.45, 7) is 4.07. The van der Waals surface area contributed by atoms with Gasteiger partial charge in [-0.2, -0.15) is 0 Å². The van der Waals surface area contributed by atoms with Crippen LogP contribution in [0.4, 0.5) is 5.82 Å². The minimum absolute atomic E-state index is 0.110. The first-order valence-corrected chi connectivity index (χ1v) is 5.44. The van der Waals surface area contributed by atoms with Crippen molar-refractivity contribution in [3.8, 4) is 0 Å². The van der Waals surface area contributed by atoms with E-state index >= 15 is 0 Å². The van der Waals surface area contributed by atoms with Crippen molar-refractivity contribution < 1.29 is 5.11 Å². The van der Waals surface area contributed by atoms with Gasteiger partial charge in [0.05, 0.1) is 11.1 Å². The molecule has 82 valence electrons. The lowest BCUT2D eigenvalue weighted by Gasteiger charge is -2.49. The molecule has 1 aromatic heterocycles. The SMILES string of the molecule is CC1(C)C(O)CC1Nc1ncccc1Cl. The number of hydrogen-bond acceptors (Lipinski definition) is 3. The molecule has 1 fully saturated rings. The average Bonchev–Trinajstić information content (AvgIpc) is 2.20. The summed E-state index contributed by atoms with van der Waals surface area (Å²) in [6, 6.07) is 3.84. The lowest BCUT2D eigenvalue weighted by atomic mass is 9.64. The number of rotatable bonds is 2. The van der Waals surface area contributed by atoms with Crippen molar-refractivity contribution in [1.82, 2.24) is 4.98 Å². The second-order valence-electron chi connectivity index (χ2n) is 4.60. The second kappa shape index (κ2) is 3.65. The number of halogens is 1. The fourth-order valence-electron chi connectivity index (χ4n) is 1.80. The van der Waals surface area contributed by atoms with Crippen LogP contribution in [0, 0.1) is 5.41 Å². The molecule has 0 radical (unpaired) electrons. The summed E-state index contributed by atoms with van der Waals surface area (Å²) in [6.07, 6.45) is 2.22. The molecule has 2 unspecified atom stereocenters. The van der Waals surface area contributed by atoms with Gasteiger partial charge in [0, 0.05) is 17.7 Å². The third kappa shape index (κ3) is 1.82. The molecule has 1 aliphatic rings. The zero-order valence-electron chi connectivity index (χ0n) is 8.87. The number of aliphatic hydroxyl groups excluding tert-OH is 1. The molecule has 2 N–H and O–H groups in total. The van der Waals surface area contributed by atoms with E-state index in [9.17, 15) is 5.11 Å². The van der Waals surface area contributed by atoms with E-state index in [1.54, 1.807) is 18.3 Å².